The van der Waals surface area contributed by atoms with Gasteiger partial charge in [-0.25, -0.2) is 4.39 Å². The Morgan fingerprint density at radius 3 is 2.76 bits per heavy atom. The monoisotopic (exact) mass is 366 g/mol. The molecule has 0 spiro atoms. The van der Waals surface area contributed by atoms with Gasteiger partial charge in [-0.05, 0) is 31.0 Å². The first-order valence-corrected chi connectivity index (χ1v) is 9.56. The van der Waals surface area contributed by atoms with E-state index in [1.807, 2.05) is 10.6 Å². The average Bonchev–Trinajstić information content (AvgIpc) is 3.06. The van der Waals surface area contributed by atoms with Gasteiger partial charge in [0.25, 0.3) is 0 Å². The Balaban J connectivity index is 1.83. The highest BCUT2D eigenvalue weighted by atomic mass is 32.2. The molecule has 2 heterocycles. The molecule has 25 heavy (non-hydrogen) atoms. The lowest BCUT2D eigenvalue weighted by molar-refractivity contribution is 0.122. The highest BCUT2D eigenvalue weighted by Gasteiger charge is 2.21. The van der Waals surface area contributed by atoms with Gasteiger partial charge < -0.3 is 14.7 Å². The molecule has 1 aliphatic heterocycles. The van der Waals surface area contributed by atoms with Gasteiger partial charge in [0, 0.05) is 25.4 Å². The van der Waals surface area contributed by atoms with E-state index in [9.17, 15) is 4.39 Å². The molecule has 136 valence electrons. The summed E-state index contributed by atoms with van der Waals surface area (Å²) in [5, 5.41) is 18.3. The highest BCUT2D eigenvalue weighted by Crippen LogP contribution is 2.28. The Morgan fingerprint density at radius 1 is 1.16 bits per heavy atom. The van der Waals surface area contributed by atoms with Crippen LogP contribution in [0.2, 0.25) is 0 Å². The summed E-state index contributed by atoms with van der Waals surface area (Å²) in [5.74, 6) is 1.33. The minimum Gasteiger partial charge on any atom is -0.396 e. The molecule has 0 unspecified atom stereocenters. The first-order valence-electron chi connectivity index (χ1n) is 8.57. The smallest absolute Gasteiger partial charge is 0.232 e. The normalized spacial score (nSPS) is 14.9. The second-order valence-electron chi connectivity index (χ2n) is 5.83. The van der Waals surface area contributed by atoms with Crippen LogP contribution in [0.4, 0.5) is 10.3 Å². The summed E-state index contributed by atoms with van der Waals surface area (Å²) in [4.78, 5) is 2.12. The number of benzene rings is 1. The van der Waals surface area contributed by atoms with Crippen molar-refractivity contribution in [2.24, 2.45) is 0 Å². The predicted octanol–water partition coefficient (Wildman–Crippen LogP) is 2.50. The number of aromatic nitrogens is 3. The van der Waals surface area contributed by atoms with Gasteiger partial charge in [-0.3, -0.25) is 4.57 Å². The second-order valence-corrected chi connectivity index (χ2v) is 6.89. The van der Waals surface area contributed by atoms with E-state index in [1.54, 1.807) is 17.8 Å². The van der Waals surface area contributed by atoms with Gasteiger partial charge in [0.2, 0.25) is 5.95 Å². The van der Waals surface area contributed by atoms with E-state index >= 15 is 0 Å². The Morgan fingerprint density at radius 2 is 2.00 bits per heavy atom. The fourth-order valence-corrected chi connectivity index (χ4v) is 3.66. The van der Waals surface area contributed by atoms with Crippen molar-refractivity contribution >= 4 is 17.7 Å². The van der Waals surface area contributed by atoms with Gasteiger partial charge in [-0.2, -0.15) is 0 Å². The summed E-state index contributed by atoms with van der Waals surface area (Å²) in [6.45, 7) is 3.02. The molecular formula is C17H23FN4O2S. The van der Waals surface area contributed by atoms with E-state index in [0.717, 1.165) is 54.9 Å². The van der Waals surface area contributed by atoms with E-state index in [2.05, 4.69) is 15.1 Å². The van der Waals surface area contributed by atoms with Gasteiger partial charge in [0.05, 0.1) is 18.9 Å². The Hall–Kier alpha value is -1.64. The molecule has 1 aromatic carbocycles. The molecule has 1 saturated heterocycles. The average molecular weight is 366 g/mol. The molecule has 8 heteroatoms. The molecule has 2 aromatic rings. The molecule has 1 aliphatic rings. The second kappa shape index (κ2) is 9.17. The number of aliphatic hydroxyl groups excluding tert-OH is 1. The van der Waals surface area contributed by atoms with Crippen molar-refractivity contribution < 1.29 is 14.2 Å². The van der Waals surface area contributed by atoms with Crippen LogP contribution in [0.5, 0.6) is 0 Å². The summed E-state index contributed by atoms with van der Waals surface area (Å²) >= 11 is 1.61. The van der Waals surface area contributed by atoms with Crippen molar-refractivity contribution in [3.05, 3.63) is 30.1 Å². The molecule has 0 amide bonds. The third-order valence-electron chi connectivity index (χ3n) is 4.01. The van der Waals surface area contributed by atoms with Crippen molar-refractivity contribution in [1.29, 1.82) is 0 Å². The number of hydrogen-bond acceptors (Lipinski definition) is 6. The Labute approximate surface area is 151 Å². The molecule has 1 aromatic heterocycles. The van der Waals surface area contributed by atoms with E-state index < -0.39 is 0 Å². The summed E-state index contributed by atoms with van der Waals surface area (Å²) in [7, 11) is 0. The van der Waals surface area contributed by atoms with Gasteiger partial charge in [0.1, 0.15) is 5.82 Å². The minimum atomic E-state index is -0.280. The molecule has 3 rings (SSSR count). The zero-order valence-electron chi connectivity index (χ0n) is 14.1. The Bertz CT molecular complexity index is 676. The van der Waals surface area contributed by atoms with E-state index in [-0.39, 0.29) is 12.4 Å². The van der Waals surface area contributed by atoms with E-state index in [1.165, 1.54) is 12.1 Å². The lowest BCUT2D eigenvalue weighted by Crippen LogP contribution is -2.37. The number of anilines is 1. The lowest BCUT2D eigenvalue weighted by Gasteiger charge is -2.27. The number of rotatable bonds is 8. The summed E-state index contributed by atoms with van der Waals surface area (Å²) in [6, 6.07) is 6.50. The number of unbranched alkanes of at least 4 members (excludes halogenated alkanes) is 2. The number of ether oxygens (including phenoxy) is 1. The zero-order chi connectivity index (χ0) is 17.5. The summed E-state index contributed by atoms with van der Waals surface area (Å²) < 4.78 is 21.1. The number of nitrogens with zero attached hydrogens (tertiary/aromatic N) is 4. The van der Waals surface area contributed by atoms with Crippen LogP contribution in [0.3, 0.4) is 0 Å². The predicted molar refractivity (Wildman–Crippen MR) is 96.0 cm³/mol. The summed E-state index contributed by atoms with van der Waals surface area (Å²) in [5.41, 5.74) is 0.726. The van der Waals surface area contributed by atoms with Crippen LogP contribution in [0.1, 0.15) is 19.3 Å². The maximum Gasteiger partial charge on any atom is 0.232 e. The molecule has 0 bridgehead atoms. The SMILES string of the molecule is OCCCCCSc1nnc(N2CCOCC2)n1-c1cccc(F)c1. The van der Waals surface area contributed by atoms with Crippen LogP contribution in [0.15, 0.2) is 29.4 Å². The van der Waals surface area contributed by atoms with Crippen LogP contribution >= 0.6 is 11.8 Å². The largest absolute Gasteiger partial charge is 0.396 e. The molecule has 6 nitrogen and oxygen atoms in total. The van der Waals surface area contributed by atoms with Crippen LogP contribution in [-0.2, 0) is 4.74 Å². The first kappa shape index (κ1) is 18.2. The van der Waals surface area contributed by atoms with Crippen LogP contribution < -0.4 is 4.90 Å². The molecular weight excluding hydrogens is 343 g/mol. The minimum absolute atomic E-state index is 0.228. The Kier molecular flexibility index (Phi) is 6.66. The fourth-order valence-electron chi connectivity index (χ4n) is 2.72. The molecule has 1 N–H and O–H groups in total. The third-order valence-corrected chi connectivity index (χ3v) is 5.03. The van der Waals surface area contributed by atoms with Crippen molar-refractivity contribution in [2.75, 3.05) is 43.6 Å². The van der Waals surface area contributed by atoms with Crippen molar-refractivity contribution in [3.63, 3.8) is 0 Å². The molecule has 1 fully saturated rings. The van der Waals surface area contributed by atoms with E-state index in [4.69, 9.17) is 9.84 Å². The van der Waals surface area contributed by atoms with Crippen molar-refractivity contribution in [1.82, 2.24) is 14.8 Å². The number of thioether (sulfide) groups is 1. The number of aliphatic hydroxyl groups is 1. The molecule has 0 saturated carbocycles. The van der Waals surface area contributed by atoms with Gasteiger partial charge in [-0.15, -0.1) is 10.2 Å². The van der Waals surface area contributed by atoms with Gasteiger partial charge in [0.15, 0.2) is 5.16 Å². The van der Waals surface area contributed by atoms with Crippen molar-refractivity contribution in [3.8, 4) is 5.69 Å². The quantitative estimate of drug-likeness (QED) is 0.572. The molecule has 0 atom stereocenters. The topological polar surface area (TPSA) is 63.4 Å². The fraction of sp³-hybridized carbons (Fsp3) is 0.529. The van der Waals surface area contributed by atoms with E-state index in [0.29, 0.717) is 13.2 Å². The highest BCUT2D eigenvalue weighted by molar-refractivity contribution is 7.99. The van der Waals surface area contributed by atoms with Gasteiger partial charge >= 0.3 is 0 Å². The molecule has 0 aliphatic carbocycles. The number of morpholine rings is 1. The molecule has 0 radical (unpaired) electrons. The third kappa shape index (κ3) is 4.71. The first-order chi connectivity index (χ1) is 12.3. The van der Waals surface area contributed by atoms with Crippen molar-refractivity contribution in [2.45, 2.75) is 24.4 Å². The standard InChI is InChI=1S/C17H23FN4O2S/c18-14-5-4-6-15(13-14)22-16(21-7-10-24-11-8-21)19-20-17(22)25-12-3-1-2-9-23/h4-6,13,23H,1-3,7-12H2. The van der Waals surface area contributed by atoms with Crippen LogP contribution in [0, 0.1) is 5.82 Å². The number of halogens is 1. The van der Waals surface area contributed by atoms with Crippen LogP contribution in [-0.4, -0.2) is 58.5 Å². The maximum atomic E-state index is 13.7. The maximum absolute atomic E-state index is 13.7. The zero-order valence-corrected chi connectivity index (χ0v) is 14.9. The van der Waals surface area contributed by atoms with Crippen LogP contribution in [0.25, 0.3) is 5.69 Å². The number of hydrogen-bond donors (Lipinski definition) is 1. The summed E-state index contributed by atoms with van der Waals surface area (Å²) in [6.07, 6.45) is 2.79. The van der Waals surface area contributed by atoms with Gasteiger partial charge in [-0.1, -0.05) is 24.2 Å². The lowest BCUT2D eigenvalue weighted by atomic mass is 10.3.